The van der Waals surface area contributed by atoms with Crippen LogP contribution < -0.4 is 25.6 Å². The lowest BCUT2D eigenvalue weighted by Gasteiger charge is -2.13. The number of anilines is 1. The Morgan fingerprint density at radius 3 is 2.29 bits per heavy atom. The van der Waals surface area contributed by atoms with E-state index in [2.05, 4.69) is 16.2 Å². The molecule has 2 rings (SSSR count). The van der Waals surface area contributed by atoms with Gasteiger partial charge in [-0.1, -0.05) is 17.7 Å². The van der Waals surface area contributed by atoms with Gasteiger partial charge in [-0.05, 0) is 42.5 Å². The van der Waals surface area contributed by atoms with E-state index in [4.69, 9.17) is 33.3 Å². The van der Waals surface area contributed by atoms with E-state index in [-0.39, 0.29) is 11.0 Å². The summed E-state index contributed by atoms with van der Waals surface area (Å²) < 4.78 is 10.3. The van der Waals surface area contributed by atoms with Crippen LogP contribution in [0.15, 0.2) is 42.5 Å². The minimum Gasteiger partial charge on any atom is -0.497 e. The third kappa shape index (κ3) is 5.00. The Bertz CT molecular complexity index is 733. The molecule has 0 fully saturated rings. The summed E-state index contributed by atoms with van der Waals surface area (Å²) in [6, 6.07) is 11.9. The third-order valence-electron chi connectivity index (χ3n) is 2.99. The highest BCUT2D eigenvalue weighted by Gasteiger charge is 2.10. The number of benzene rings is 2. The number of ether oxygens (including phenoxy) is 2. The minimum absolute atomic E-state index is 0.223. The average Bonchev–Trinajstić information content (AvgIpc) is 2.59. The number of hydrazine groups is 1. The number of hydrogen-bond donors (Lipinski definition) is 3. The lowest BCUT2D eigenvalue weighted by Crippen LogP contribution is -2.43. The molecule has 0 saturated heterocycles. The molecule has 0 bridgehead atoms. The average molecular weight is 366 g/mol. The molecule has 24 heavy (non-hydrogen) atoms. The first-order chi connectivity index (χ1) is 11.5. The van der Waals surface area contributed by atoms with E-state index in [1.807, 2.05) is 0 Å². The second-order valence-corrected chi connectivity index (χ2v) is 5.49. The van der Waals surface area contributed by atoms with E-state index < -0.39 is 0 Å². The largest absolute Gasteiger partial charge is 0.497 e. The van der Waals surface area contributed by atoms with Crippen LogP contribution in [0.25, 0.3) is 0 Å². The van der Waals surface area contributed by atoms with Crippen LogP contribution in [-0.2, 0) is 0 Å². The molecule has 126 valence electrons. The van der Waals surface area contributed by atoms with Gasteiger partial charge in [-0.25, -0.2) is 0 Å². The summed E-state index contributed by atoms with van der Waals surface area (Å²) in [6.07, 6.45) is 0. The lowest BCUT2D eigenvalue weighted by molar-refractivity contribution is 0.0943. The van der Waals surface area contributed by atoms with Crippen molar-refractivity contribution in [3.63, 3.8) is 0 Å². The topological polar surface area (TPSA) is 71.6 Å². The number of nitrogens with one attached hydrogen (secondary N) is 3. The van der Waals surface area contributed by atoms with Crippen LogP contribution in [-0.4, -0.2) is 25.2 Å². The van der Waals surface area contributed by atoms with Gasteiger partial charge in [0.25, 0.3) is 5.91 Å². The predicted octanol–water partition coefficient (Wildman–Crippen LogP) is 2.99. The highest BCUT2D eigenvalue weighted by molar-refractivity contribution is 7.80. The van der Waals surface area contributed by atoms with Crippen LogP contribution in [0, 0.1) is 0 Å². The first kappa shape index (κ1) is 17.8. The van der Waals surface area contributed by atoms with Crippen LogP contribution in [0.3, 0.4) is 0 Å². The summed E-state index contributed by atoms with van der Waals surface area (Å²) in [5.74, 6) is 0.640. The molecule has 0 atom stereocenters. The smallest absolute Gasteiger partial charge is 0.269 e. The number of thiocarbonyl (C=S) groups is 1. The fourth-order valence-corrected chi connectivity index (χ4v) is 2.21. The van der Waals surface area contributed by atoms with Crippen molar-refractivity contribution in [3.05, 3.63) is 53.1 Å². The molecule has 0 heterocycles. The van der Waals surface area contributed by atoms with E-state index in [0.717, 1.165) is 0 Å². The van der Waals surface area contributed by atoms with Crippen molar-refractivity contribution in [1.82, 2.24) is 10.9 Å². The maximum absolute atomic E-state index is 12.2. The zero-order chi connectivity index (χ0) is 17.5. The van der Waals surface area contributed by atoms with E-state index >= 15 is 0 Å². The molecule has 0 aromatic heterocycles. The Kier molecular flexibility index (Phi) is 6.22. The van der Waals surface area contributed by atoms with Crippen molar-refractivity contribution in [1.29, 1.82) is 0 Å². The van der Waals surface area contributed by atoms with Crippen LogP contribution in [0.1, 0.15) is 10.4 Å². The zero-order valence-electron chi connectivity index (χ0n) is 13.1. The summed E-state index contributed by atoms with van der Waals surface area (Å²) in [5, 5.41) is 3.71. The van der Waals surface area contributed by atoms with E-state index in [1.54, 1.807) is 42.5 Å². The molecular weight excluding hydrogens is 350 g/mol. The predicted molar refractivity (Wildman–Crippen MR) is 97.8 cm³/mol. The standard InChI is InChI=1S/C16H16ClN3O3S/c1-22-13-6-10(7-14(9-13)23-2)15(21)19-20-16(24)18-12-5-3-4-11(17)8-12/h3-9H,1-2H3,(H,19,21)(H2,18,20,24). The second-order valence-electron chi connectivity index (χ2n) is 4.64. The number of carbonyl (C=O) groups excluding carboxylic acids is 1. The van der Waals surface area contributed by atoms with Crippen molar-refractivity contribution in [2.24, 2.45) is 0 Å². The highest BCUT2D eigenvalue weighted by atomic mass is 35.5. The molecule has 0 saturated carbocycles. The Morgan fingerprint density at radius 2 is 1.71 bits per heavy atom. The molecule has 2 aromatic carbocycles. The van der Waals surface area contributed by atoms with Crippen molar-refractivity contribution < 1.29 is 14.3 Å². The van der Waals surface area contributed by atoms with Crippen LogP contribution in [0.5, 0.6) is 11.5 Å². The van der Waals surface area contributed by atoms with Gasteiger partial charge in [0.1, 0.15) is 11.5 Å². The fourth-order valence-electron chi connectivity index (χ4n) is 1.85. The summed E-state index contributed by atoms with van der Waals surface area (Å²) >= 11 is 11.0. The van der Waals surface area contributed by atoms with Crippen LogP contribution in [0.4, 0.5) is 5.69 Å². The maximum Gasteiger partial charge on any atom is 0.269 e. The van der Waals surface area contributed by atoms with Gasteiger partial charge in [0.15, 0.2) is 5.11 Å². The van der Waals surface area contributed by atoms with Crippen molar-refractivity contribution in [2.75, 3.05) is 19.5 Å². The quantitative estimate of drug-likeness (QED) is 0.571. The Hall–Kier alpha value is -2.51. The summed E-state index contributed by atoms with van der Waals surface area (Å²) in [4.78, 5) is 12.2. The third-order valence-corrected chi connectivity index (χ3v) is 3.42. The number of amides is 1. The summed E-state index contributed by atoms with van der Waals surface area (Å²) in [7, 11) is 3.03. The molecular formula is C16H16ClN3O3S. The molecule has 1 amide bonds. The number of methoxy groups -OCH3 is 2. The van der Waals surface area contributed by atoms with Crippen LogP contribution in [0.2, 0.25) is 5.02 Å². The molecule has 2 aromatic rings. The van der Waals surface area contributed by atoms with Crippen LogP contribution >= 0.6 is 23.8 Å². The summed E-state index contributed by atoms with van der Waals surface area (Å²) in [6.45, 7) is 0. The SMILES string of the molecule is COc1cc(OC)cc(C(=O)NNC(=S)Nc2cccc(Cl)c2)c1. The molecule has 0 unspecified atom stereocenters. The Labute approximate surface area is 150 Å². The Morgan fingerprint density at radius 1 is 1.04 bits per heavy atom. The van der Waals surface area contributed by atoms with Gasteiger partial charge in [0, 0.05) is 22.3 Å². The molecule has 8 heteroatoms. The molecule has 0 spiro atoms. The number of rotatable bonds is 4. The van der Waals surface area contributed by atoms with E-state index in [9.17, 15) is 4.79 Å². The van der Waals surface area contributed by atoms with E-state index in [1.165, 1.54) is 14.2 Å². The molecule has 0 aliphatic heterocycles. The van der Waals surface area contributed by atoms with Crippen molar-refractivity contribution in [2.45, 2.75) is 0 Å². The van der Waals surface area contributed by atoms with Gasteiger partial charge in [0.05, 0.1) is 14.2 Å². The van der Waals surface area contributed by atoms with Gasteiger partial charge >= 0.3 is 0 Å². The minimum atomic E-state index is -0.387. The van der Waals surface area contributed by atoms with Gasteiger partial charge in [-0.2, -0.15) is 0 Å². The van der Waals surface area contributed by atoms with Crippen molar-refractivity contribution in [3.8, 4) is 11.5 Å². The van der Waals surface area contributed by atoms with Gasteiger partial charge < -0.3 is 14.8 Å². The van der Waals surface area contributed by atoms with Gasteiger partial charge in [-0.3, -0.25) is 15.6 Å². The Balaban J connectivity index is 1.96. The first-order valence-corrected chi connectivity index (χ1v) is 7.66. The summed E-state index contributed by atoms with van der Waals surface area (Å²) in [5.41, 5.74) is 6.19. The lowest BCUT2D eigenvalue weighted by atomic mass is 10.2. The number of halogens is 1. The monoisotopic (exact) mass is 365 g/mol. The maximum atomic E-state index is 12.2. The fraction of sp³-hybridized carbons (Fsp3) is 0.125. The van der Waals surface area contributed by atoms with Crippen molar-refractivity contribution >= 4 is 40.5 Å². The second kappa shape index (κ2) is 8.37. The normalized spacial score (nSPS) is 9.79. The highest BCUT2D eigenvalue weighted by Crippen LogP contribution is 2.22. The van der Waals surface area contributed by atoms with Gasteiger partial charge in [-0.15, -0.1) is 0 Å². The molecule has 0 aliphatic carbocycles. The first-order valence-electron chi connectivity index (χ1n) is 6.88. The number of hydrogen-bond acceptors (Lipinski definition) is 4. The van der Waals surface area contributed by atoms with Gasteiger partial charge in [0.2, 0.25) is 0 Å². The molecule has 6 nitrogen and oxygen atoms in total. The molecule has 3 N–H and O–H groups in total. The number of carbonyl (C=O) groups is 1. The molecule has 0 radical (unpaired) electrons. The van der Waals surface area contributed by atoms with E-state index in [0.29, 0.717) is 27.8 Å². The molecule has 0 aliphatic rings. The zero-order valence-corrected chi connectivity index (χ0v) is 14.6.